The third kappa shape index (κ3) is 4.48. The van der Waals surface area contributed by atoms with E-state index in [0.29, 0.717) is 6.61 Å². The standard InChI is InChI=1S/C13H22O4/c1-9(15)16-8-11-6-5-10(7-14)12(11)17-13(2,3)4/h5-6,10-12,14H,7-8H2,1-4H3/t10-,11+,12-/m0/s1. The fourth-order valence-electron chi connectivity index (χ4n) is 1.93. The highest BCUT2D eigenvalue weighted by molar-refractivity contribution is 5.65. The summed E-state index contributed by atoms with van der Waals surface area (Å²) in [5.74, 6) is -0.287. The van der Waals surface area contributed by atoms with Gasteiger partial charge in [-0.05, 0) is 20.8 Å². The molecule has 4 nitrogen and oxygen atoms in total. The van der Waals surface area contributed by atoms with Crippen LogP contribution in [0, 0.1) is 11.8 Å². The van der Waals surface area contributed by atoms with Crippen LogP contribution in [0.15, 0.2) is 12.2 Å². The van der Waals surface area contributed by atoms with Gasteiger partial charge in [-0.1, -0.05) is 12.2 Å². The van der Waals surface area contributed by atoms with Gasteiger partial charge in [-0.25, -0.2) is 0 Å². The van der Waals surface area contributed by atoms with Crippen LogP contribution in [0.25, 0.3) is 0 Å². The normalized spacial score (nSPS) is 28.4. The first-order valence-electron chi connectivity index (χ1n) is 5.94. The molecule has 0 spiro atoms. The maximum atomic E-state index is 10.8. The van der Waals surface area contributed by atoms with Gasteiger partial charge in [0.1, 0.15) is 6.61 Å². The van der Waals surface area contributed by atoms with E-state index in [1.54, 1.807) is 0 Å². The van der Waals surface area contributed by atoms with Crippen LogP contribution in [0.1, 0.15) is 27.7 Å². The molecule has 0 unspecified atom stereocenters. The number of carbonyl (C=O) groups is 1. The van der Waals surface area contributed by atoms with E-state index in [1.807, 2.05) is 32.9 Å². The van der Waals surface area contributed by atoms with Gasteiger partial charge in [-0.2, -0.15) is 0 Å². The number of hydrogen-bond acceptors (Lipinski definition) is 4. The van der Waals surface area contributed by atoms with E-state index in [1.165, 1.54) is 6.92 Å². The summed E-state index contributed by atoms with van der Waals surface area (Å²) in [5.41, 5.74) is -0.279. The molecule has 1 aliphatic rings. The van der Waals surface area contributed by atoms with Crippen molar-refractivity contribution in [2.75, 3.05) is 13.2 Å². The number of aliphatic hydroxyl groups is 1. The zero-order valence-electron chi connectivity index (χ0n) is 11.0. The SMILES string of the molecule is CC(=O)OC[C@H]1C=C[C@@H](CO)[C@@H]1OC(C)(C)C. The van der Waals surface area contributed by atoms with Crippen LogP contribution in [0.2, 0.25) is 0 Å². The van der Waals surface area contributed by atoms with Gasteiger partial charge in [0.05, 0.1) is 18.3 Å². The highest BCUT2D eigenvalue weighted by Gasteiger charge is 2.35. The topological polar surface area (TPSA) is 55.8 Å². The highest BCUT2D eigenvalue weighted by atomic mass is 16.5. The molecule has 0 heterocycles. The zero-order valence-corrected chi connectivity index (χ0v) is 11.0. The van der Waals surface area contributed by atoms with Crippen LogP contribution in [0.4, 0.5) is 0 Å². The fraction of sp³-hybridized carbons (Fsp3) is 0.769. The molecule has 0 aromatic heterocycles. The van der Waals surface area contributed by atoms with Crippen molar-refractivity contribution in [2.45, 2.75) is 39.4 Å². The molecule has 0 aromatic carbocycles. The third-order valence-electron chi connectivity index (χ3n) is 2.63. The van der Waals surface area contributed by atoms with Crippen molar-refractivity contribution in [3.63, 3.8) is 0 Å². The lowest BCUT2D eigenvalue weighted by Gasteiger charge is -2.31. The Morgan fingerprint density at radius 2 is 1.88 bits per heavy atom. The van der Waals surface area contributed by atoms with Gasteiger partial charge in [0.15, 0.2) is 0 Å². The Labute approximate surface area is 103 Å². The van der Waals surface area contributed by atoms with Crippen molar-refractivity contribution in [2.24, 2.45) is 11.8 Å². The first-order valence-corrected chi connectivity index (χ1v) is 5.94. The van der Waals surface area contributed by atoms with Gasteiger partial charge in [0.2, 0.25) is 0 Å². The number of esters is 1. The fourth-order valence-corrected chi connectivity index (χ4v) is 1.93. The molecule has 0 fully saturated rings. The molecule has 1 N–H and O–H groups in total. The van der Waals surface area contributed by atoms with Gasteiger partial charge in [-0.15, -0.1) is 0 Å². The van der Waals surface area contributed by atoms with Crippen LogP contribution in [0.3, 0.4) is 0 Å². The van der Waals surface area contributed by atoms with E-state index < -0.39 is 0 Å². The average Bonchev–Trinajstić information content (AvgIpc) is 2.55. The van der Waals surface area contributed by atoms with E-state index in [9.17, 15) is 9.90 Å². The van der Waals surface area contributed by atoms with Crippen molar-refractivity contribution in [1.82, 2.24) is 0 Å². The molecule has 0 radical (unpaired) electrons. The van der Waals surface area contributed by atoms with Crippen LogP contribution < -0.4 is 0 Å². The van der Waals surface area contributed by atoms with Gasteiger partial charge in [0.25, 0.3) is 0 Å². The lowest BCUT2D eigenvalue weighted by molar-refractivity contribution is -0.146. The number of rotatable bonds is 4. The molecule has 3 atom stereocenters. The van der Waals surface area contributed by atoms with Crippen molar-refractivity contribution in [1.29, 1.82) is 0 Å². The Kier molecular flexibility index (Phi) is 4.71. The molecule has 98 valence electrons. The van der Waals surface area contributed by atoms with Gasteiger partial charge >= 0.3 is 5.97 Å². The molecule has 1 aliphatic carbocycles. The molecular formula is C13H22O4. The predicted octanol–water partition coefficient (Wildman–Crippen LogP) is 1.53. The van der Waals surface area contributed by atoms with Crippen molar-refractivity contribution < 1.29 is 19.4 Å². The molecule has 0 saturated heterocycles. The Morgan fingerprint density at radius 3 is 2.35 bits per heavy atom. The second kappa shape index (κ2) is 5.65. The summed E-state index contributed by atoms with van der Waals surface area (Å²) in [6.07, 6.45) is 3.77. The Morgan fingerprint density at radius 1 is 1.29 bits per heavy atom. The largest absolute Gasteiger partial charge is 0.465 e. The first-order chi connectivity index (χ1) is 7.83. The lowest BCUT2D eigenvalue weighted by atomic mass is 9.99. The number of hydrogen-bond donors (Lipinski definition) is 1. The Balaban J connectivity index is 2.62. The molecule has 0 aromatic rings. The van der Waals surface area contributed by atoms with Crippen LogP contribution in [-0.2, 0) is 14.3 Å². The molecule has 0 bridgehead atoms. The van der Waals surface area contributed by atoms with Gasteiger partial charge in [0, 0.05) is 18.8 Å². The maximum Gasteiger partial charge on any atom is 0.302 e. The molecule has 0 amide bonds. The Bertz CT molecular complexity index is 290. The summed E-state index contributed by atoms with van der Waals surface area (Å²) < 4.78 is 10.9. The summed E-state index contributed by atoms with van der Waals surface area (Å²) >= 11 is 0. The van der Waals surface area contributed by atoms with Crippen LogP contribution in [-0.4, -0.2) is 36.0 Å². The van der Waals surface area contributed by atoms with Gasteiger partial charge < -0.3 is 14.6 Å². The van der Waals surface area contributed by atoms with Crippen molar-refractivity contribution in [3.05, 3.63) is 12.2 Å². The average molecular weight is 242 g/mol. The van der Waals surface area contributed by atoms with Crippen LogP contribution in [0.5, 0.6) is 0 Å². The quantitative estimate of drug-likeness (QED) is 0.600. The molecule has 4 heteroatoms. The van der Waals surface area contributed by atoms with E-state index in [-0.39, 0.29) is 36.1 Å². The van der Waals surface area contributed by atoms with Crippen molar-refractivity contribution >= 4 is 5.97 Å². The highest BCUT2D eigenvalue weighted by Crippen LogP contribution is 2.30. The van der Waals surface area contributed by atoms with E-state index >= 15 is 0 Å². The summed E-state index contributed by atoms with van der Waals surface area (Å²) in [6, 6.07) is 0. The zero-order chi connectivity index (χ0) is 13.1. The van der Waals surface area contributed by atoms with E-state index in [0.717, 1.165) is 0 Å². The van der Waals surface area contributed by atoms with E-state index in [4.69, 9.17) is 9.47 Å². The third-order valence-corrected chi connectivity index (χ3v) is 2.63. The monoisotopic (exact) mass is 242 g/mol. The Hall–Kier alpha value is -0.870. The summed E-state index contributed by atoms with van der Waals surface area (Å²) in [7, 11) is 0. The van der Waals surface area contributed by atoms with Crippen molar-refractivity contribution in [3.8, 4) is 0 Å². The lowest BCUT2D eigenvalue weighted by Crippen LogP contribution is -2.37. The molecule has 0 saturated carbocycles. The second-order valence-electron chi connectivity index (χ2n) is 5.39. The summed E-state index contributed by atoms with van der Waals surface area (Å²) in [6.45, 7) is 7.67. The molecule has 17 heavy (non-hydrogen) atoms. The number of carbonyl (C=O) groups excluding carboxylic acids is 1. The second-order valence-corrected chi connectivity index (χ2v) is 5.39. The molecule has 0 aliphatic heterocycles. The minimum atomic E-state index is -0.291. The molecule has 1 rings (SSSR count). The molecular weight excluding hydrogens is 220 g/mol. The van der Waals surface area contributed by atoms with Gasteiger partial charge in [-0.3, -0.25) is 4.79 Å². The maximum absolute atomic E-state index is 10.8. The van der Waals surface area contributed by atoms with E-state index in [2.05, 4.69) is 0 Å². The number of ether oxygens (including phenoxy) is 2. The predicted molar refractivity (Wildman–Crippen MR) is 64.5 cm³/mol. The summed E-state index contributed by atoms with van der Waals surface area (Å²) in [4.78, 5) is 10.8. The smallest absolute Gasteiger partial charge is 0.302 e. The minimum absolute atomic E-state index is 0.0187. The van der Waals surface area contributed by atoms with Crippen LogP contribution >= 0.6 is 0 Å². The summed E-state index contributed by atoms with van der Waals surface area (Å²) in [5, 5.41) is 9.29. The minimum Gasteiger partial charge on any atom is -0.465 e. The number of aliphatic hydroxyl groups excluding tert-OH is 1. The first kappa shape index (κ1) is 14.2.